The van der Waals surface area contributed by atoms with Gasteiger partial charge in [-0.1, -0.05) is 27.7 Å². The first kappa shape index (κ1) is 31.3. The Balaban J connectivity index is 1.80. The summed E-state index contributed by atoms with van der Waals surface area (Å²) in [7, 11) is -4.48. The van der Waals surface area contributed by atoms with E-state index in [0.717, 1.165) is 58.2 Å². The summed E-state index contributed by atoms with van der Waals surface area (Å²) >= 11 is 0. The van der Waals surface area contributed by atoms with Gasteiger partial charge in [0, 0.05) is 30.2 Å². The van der Waals surface area contributed by atoms with Crippen LogP contribution in [0.3, 0.4) is 0 Å². The van der Waals surface area contributed by atoms with Crippen LogP contribution in [0.2, 0.25) is 0 Å². The number of benzene rings is 2. The van der Waals surface area contributed by atoms with Crippen molar-refractivity contribution in [2.75, 3.05) is 68.3 Å². The Hall–Kier alpha value is -3.26. The number of anilines is 4. The van der Waals surface area contributed by atoms with E-state index in [0.29, 0.717) is 47.4 Å². The summed E-state index contributed by atoms with van der Waals surface area (Å²) in [6, 6.07) is 7.36. The van der Waals surface area contributed by atoms with Crippen molar-refractivity contribution in [1.82, 2.24) is 24.8 Å². The zero-order chi connectivity index (χ0) is 29.1. The highest BCUT2D eigenvalue weighted by molar-refractivity contribution is 7.85. The highest BCUT2D eigenvalue weighted by Crippen LogP contribution is 2.31. The third-order valence-corrected chi connectivity index (χ3v) is 7.58. The maximum Gasteiger partial charge on any atom is 0.294 e. The molecule has 0 aliphatic heterocycles. The van der Waals surface area contributed by atoms with Gasteiger partial charge >= 0.3 is 0 Å². The van der Waals surface area contributed by atoms with E-state index in [9.17, 15) is 18.1 Å². The molecule has 1 aromatic heterocycles. The van der Waals surface area contributed by atoms with Crippen molar-refractivity contribution in [3.8, 4) is 5.75 Å². The average molecular weight is 575 g/mol. The predicted molar refractivity (Wildman–Crippen MR) is 160 cm³/mol. The van der Waals surface area contributed by atoms with Crippen molar-refractivity contribution in [1.29, 1.82) is 0 Å². The van der Waals surface area contributed by atoms with E-state index in [2.05, 4.69) is 68.4 Å². The van der Waals surface area contributed by atoms with Crippen molar-refractivity contribution in [2.45, 2.75) is 45.4 Å². The van der Waals surface area contributed by atoms with Gasteiger partial charge < -0.3 is 30.9 Å². The highest BCUT2D eigenvalue weighted by Gasteiger charge is 2.14. The molecule has 0 aliphatic rings. The molecule has 0 spiro atoms. The smallest absolute Gasteiger partial charge is 0.294 e. The molecule has 0 atom stereocenters. The van der Waals surface area contributed by atoms with Crippen molar-refractivity contribution in [3.63, 3.8) is 0 Å². The van der Waals surface area contributed by atoms with Gasteiger partial charge in [-0.15, -0.1) is 0 Å². The Kier molecular flexibility index (Phi) is 11.7. The summed E-state index contributed by atoms with van der Waals surface area (Å²) in [6.07, 6.45) is 1.88. The Bertz CT molecular complexity index is 1310. The fourth-order valence-electron chi connectivity index (χ4n) is 4.35. The maximum atomic E-state index is 11.6. The van der Waals surface area contributed by atoms with E-state index in [-0.39, 0.29) is 10.6 Å². The number of hydrogen-bond donors (Lipinski definition) is 5. The van der Waals surface area contributed by atoms with Gasteiger partial charge in [0.2, 0.25) is 17.8 Å². The zero-order valence-electron chi connectivity index (χ0n) is 23.8. The van der Waals surface area contributed by atoms with Crippen LogP contribution < -0.4 is 16.0 Å². The van der Waals surface area contributed by atoms with Gasteiger partial charge in [-0.2, -0.15) is 23.4 Å². The molecule has 220 valence electrons. The molecule has 0 aliphatic carbocycles. The quantitative estimate of drug-likeness (QED) is 0.117. The Morgan fingerprint density at radius 2 is 1.30 bits per heavy atom. The second-order valence-electron chi connectivity index (χ2n) is 9.40. The van der Waals surface area contributed by atoms with E-state index in [1.54, 1.807) is 18.2 Å². The van der Waals surface area contributed by atoms with E-state index in [1.165, 1.54) is 6.07 Å². The van der Waals surface area contributed by atoms with Gasteiger partial charge in [0.15, 0.2) is 0 Å². The monoisotopic (exact) mass is 574 g/mol. The van der Waals surface area contributed by atoms with Crippen LogP contribution >= 0.6 is 0 Å². The highest BCUT2D eigenvalue weighted by atomic mass is 32.2. The summed E-state index contributed by atoms with van der Waals surface area (Å²) in [4.78, 5) is 17.9. The molecule has 13 heteroatoms. The van der Waals surface area contributed by atoms with Crippen LogP contribution in [0.25, 0.3) is 10.8 Å². The number of nitrogens with one attached hydrogen (secondary N) is 3. The molecule has 0 saturated carbocycles. The van der Waals surface area contributed by atoms with Crippen molar-refractivity contribution >= 4 is 44.4 Å². The van der Waals surface area contributed by atoms with Crippen molar-refractivity contribution in [2.24, 2.45) is 0 Å². The summed E-state index contributed by atoms with van der Waals surface area (Å²) in [5.41, 5.74) is 0.575. The molecule has 1 heterocycles. The number of rotatable bonds is 17. The fraction of sp³-hybridized carbons (Fsp3) is 0.519. The van der Waals surface area contributed by atoms with Crippen LogP contribution in [-0.2, 0) is 10.1 Å². The van der Waals surface area contributed by atoms with Gasteiger partial charge in [0.1, 0.15) is 5.75 Å². The van der Waals surface area contributed by atoms with E-state index < -0.39 is 10.1 Å². The van der Waals surface area contributed by atoms with Gasteiger partial charge in [0.25, 0.3) is 10.1 Å². The van der Waals surface area contributed by atoms with Crippen molar-refractivity contribution in [3.05, 3.63) is 30.3 Å². The lowest BCUT2D eigenvalue weighted by Gasteiger charge is -2.18. The molecular formula is C27H42N8O4S. The second kappa shape index (κ2) is 14.9. The maximum absolute atomic E-state index is 11.6. The molecule has 0 amide bonds. The minimum Gasteiger partial charge on any atom is -0.507 e. The number of aromatic hydroxyl groups is 1. The van der Waals surface area contributed by atoms with E-state index >= 15 is 0 Å². The number of nitrogens with zero attached hydrogens (tertiary/aromatic N) is 5. The number of phenolic OH excluding ortho intramolecular Hbond substituents is 1. The number of fused-ring (bicyclic) bond motifs is 1. The number of aromatic nitrogens is 3. The molecule has 5 N–H and O–H groups in total. The van der Waals surface area contributed by atoms with Crippen LogP contribution in [-0.4, -0.2) is 95.2 Å². The first-order chi connectivity index (χ1) is 19.2. The zero-order valence-corrected chi connectivity index (χ0v) is 24.6. The van der Waals surface area contributed by atoms with Crippen LogP contribution in [0.5, 0.6) is 5.75 Å². The van der Waals surface area contributed by atoms with E-state index in [1.807, 2.05) is 0 Å². The first-order valence-electron chi connectivity index (χ1n) is 13.9. The number of hydrogen-bond acceptors (Lipinski definition) is 11. The standard InChI is InChI=1S/C27H42N8O4S/c1-5-34(6-2)15-9-13-28-25-31-26(29-14-10-16-35(7-3)8-4)33-27(32-25)30-21-11-12-23-20(17-21)18-22(19-24(23)36)40(37,38)39/h11-12,17-19,36H,5-10,13-16H2,1-4H3,(H,37,38,39)(H3,28,29,30,31,32,33). The lowest BCUT2D eigenvalue weighted by atomic mass is 10.1. The Morgan fingerprint density at radius 3 is 1.80 bits per heavy atom. The van der Waals surface area contributed by atoms with Crippen LogP contribution in [0.1, 0.15) is 40.5 Å². The number of phenols is 1. The minimum absolute atomic E-state index is 0.246. The molecule has 0 saturated heterocycles. The Morgan fingerprint density at radius 1 is 0.775 bits per heavy atom. The molecule has 40 heavy (non-hydrogen) atoms. The minimum atomic E-state index is -4.48. The molecule has 0 fully saturated rings. The summed E-state index contributed by atoms with van der Waals surface area (Å²) in [5, 5.41) is 20.9. The third-order valence-electron chi connectivity index (χ3n) is 6.75. The Labute approximate surface area is 237 Å². The predicted octanol–water partition coefficient (Wildman–Crippen LogP) is 4.01. The molecule has 3 aromatic rings. The van der Waals surface area contributed by atoms with Gasteiger partial charge in [0.05, 0.1) is 4.90 Å². The molecule has 0 radical (unpaired) electrons. The molecular weight excluding hydrogens is 532 g/mol. The third kappa shape index (κ3) is 9.15. The summed E-state index contributed by atoms with van der Waals surface area (Å²) < 4.78 is 32.7. The lowest BCUT2D eigenvalue weighted by molar-refractivity contribution is 0.303. The van der Waals surface area contributed by atoms with Crippen LogP contribution in [0.15, 0.2) is 35.2 Å². The van der Waals surface area contributed by atoms with Gasteiger partial charge in [-0.05, 0) is 81.8 Å². The normalized spacial score (nSPS) is 11.9. The SMILES string of the molecule is CCN(CC)CCCNc1nc(NCCCN(CC)CC)nc(Nc2ccc3c(O)cc(S(=O)(=O)O)cc3c2)n1. The fourth-order valence-corrected chi connectivity index (χ4v) is 4.89. The summed E-state index contributed by atoms with van der Waals surface area (Å²) in [5.74, 6) is 0.942. The largest absolute Gasteiger partial charge is 0.507 e. The molecule has 3 rings (SSSR count). The molecule has 2 aromatic carbocycles. The molecule has 0 bridgehead atoms. The second-order valence-corrected chi connectivity index (χ2v) is 10.8. The molecule has 12 nitrogen and oxygen atoms in total. The van der Waals surface area contributed by atoms with Crippen LogP contribution in [0, 0.1) is 0 Å². The average Bonchev–Trinajstić information content (AvgIpc) is 2.92. The van der Waals surface area contributed by atoms with Crippen molar-refractivity contribution < 1.29 is 18.1 Å². The van der Waals surface area contributed by atoms with Crippen LogP contribution in [0.4, 0.5) is 23.5 Å². The van der Waals surface area contributed by atoms with E-state index in [4.69, 9.17) is 0 Å². The lowest BCUT2D eigenvalue weighted by Crippen LogP contribution is -2.26. The molecule has 0 unspecified atom stereocenters. The summed E-state index contributed by atoms with van der Waals surface area (Å²) in [6.45, 7) is 16.0. The van der Waals surface area contributed by atoms with Gasteiger partial charge in [-0.3, -0.25) is 4.55 Å². The van der Waals surface area contributed by atoms with Gasteiger partial charge in [-0.25, -0.2) is 0 Å². The topological polar surface area (TPSA) is 156 Å². The first-order valence-corrected chi connectivity index (χ1v) is 15.3.